The van der Waals surface area contributed by atoms with Gasteiger partial charge in [0, 0.05) is 41.1 Å². The maximum Gasteiger partial charge on any atom is 0.233 e. The quantitative estimate of drug-likeness (QED) is 0.233. The molecule has 8 heteroatoms. The lowest BCUT2D eigenvalue weighted by Crippen LogP contribution is -2.59. The van der Waals surface area contributed by atoms with Gasteiger partial charge in [-0.05, 0) is 48.8 Å². The number of fused-ring (bicyclic) bond motifs is 4. The minimum Gasteiger partial charge on any atom is -0.507 e. The van der Waals surface area contributed by atoms with Crippen LogP contribution in [-0.2, 0) is 24.6 Å². The minimum absolute atomic E-state index is 0.114. The minimum atomic E-state index is -1.47. The third-order valence-corrected chi connectivity index (χ3v) is 12.2. The number of hydrogen-bond donors (Lipinski definition) is 1. The number of allylic oxidation sites excluding steroid dienone is 4. The normalized spacial score (nSPS) is 29.5. The Morgan fingerprint density at radius 1 is 0.820 bits per heavy atom. The summed E-state index contributed by atoms with van der Waals surface area (Å²) in [5.41, 5.74) is 1.29. The molecule has 1 heterocycles. The Morgan fingerprint density at radius 3 is 2.20 bits per heavy atom. The monoisotopic (exact) mass is 671 g/mol. The van der Waals surface area contributed by atoms with Crippen molar-refractivity contribution < 1.29 is 33.8 Å². The molecule has 1 N–H and O–H groups in total. The Balaban J connectivity index is 1.38. The molecule has 8 nitrogen and oxygen atoms in total. The summed E-state index contributed by atoms with van der Waals surface area (Å²) in [5, 5.41) is 11.9. The summed E-state index contributed by atoms with van der Waals surface area (Å²) in [7, 11) is 2.99. The van der Waals surface area contributed by atoms with Crippen molar-refractivity contribution in [2.24, 2.45) is 23.7 Å². The predicted octanol–water partition coefficient (Wildman–Crippen LogP) is 6.57. The fourth-order valence-corrected chi connectivity index (χ4v) is 10.1. The molecule has 3 aromatic carbocycles. The zero-order chi connectivity index (χ0) is 34.7. The van der Waals surface area contributed by atoms with Crippen LogP contribution in [0.4, 0.5) is 0 Å². The highest BCUT2D eigenvalue weighted by Crippen LogP contribution is 2.65. The number of phenols is 1. The number of imide groups is 1. The zero-order valence-electron chi connectivity index (χ0n) is 28.3. The number of ether oxygens (including phenoxy) is 2. The van der Waals surface area contributed by atoms with Gasteiger partial charge in [0.2, 0.25) is 11.8 Å². The second-order valence-corrected chi connectivity index (χ2v) is 14.4. The van der Waals surface area contributed by atoms with E-state index < -0.39 is 35.0 Å². The summed E-state index contributed by atoms with van der Waals surface area (Å²) in [6.07, 6.45) is 8.71. The number of methoxy groups -OCH3 is 2. The number of likely N-dealkylation sites (tertiary alicyclic amines) is 1. The van der Waals surface area contributed by atoms with Crippen LogP contribution in [0.1, 0.15) is 67.6 Å². The highest BCUT2D eigenvalue weighted by atomic mass is 16.5. The van der Waals surface area contributed by atoms with E-state index in [-0.39, 0.29) is 41.6 Å². The van der Waals surface area contributed by atoms with E-state index >= 15 is 9.59 Å². The molecule has 6 atom stereocenters. The number of phenolic OH excluding ortho intramolecular Hbond substituents is 1. The molecule has 3 fully saturated rings. The molecule has 1 aliphatic heterocycles. The molecule has 50 heavy (non-hydrogen) atoms. The van der Waals surface area contributed by atoms with Gasteiger partial charge in [0.25, 0.3) is 0 Å². The molecule has 1 saturated heterocycles. The smallest absolute Gasteiger partial charge is 0.233 e. The van der Waals surface area contributed by atoms with Crippen LogP contribution in [0.3, 0.4) is 0 Å². The van der Waals surface area contributed by atoms with Gasteiger partial charge in [0.1, 0.15) is 17.2 Å². The van der Waals surface area contributed by atoms with Crippen LogP contribution in [0.15, 0.2) is 90.5 Å². The molecule has 2 amide bonds. The summed E-state index contributed by atoms with van der Waals surface area (Å²) < 4.78 is 11.4. The van der Waals surface area contributed by atoms with Crippen molar-refractivity contribution in [1.29, 1.82) is 0 Å². The predicted molar refractivity (Wildman–Crippen MR) is 187 cm³/mol. The van der Waals surface area contributed by atoms with Gasteiger partial charge in [0.15, 0.2) is 11.6 Å². The van der Waals surface area contributed by atoms with Crippen molar-refractivity contribution >= 4 is 29.0 Å². The van der Waals surface area contributed by atoms with Crippen LogP contribution in [0.25, 0.3) is 5.57 Å². The fraction of sp³-hybridized carbons (Fsp3) is 0.381. The largest absolute Gasteiger partial charge is 0.507 e. The van der Waals surface area contributed by atoms with Crippen molar-refractivity contribution in [3.8, 4) is 17.2 Å². The lowest BCUT2D eigenvalue weighted by Gasteiger charge is -2.55. The van der Waals surface area contributed by atoms with E-state index in [9.17, 15) is 14.7 Å². The molecule has 0 unspecified atom stereocenters. The van der Waals surface area contributed by atoms with Crippen LogP contribution in [-0.4, -0.2) is 53.6 Å². The summed E-state index contributed by atoms with van der Waals surface area (Å²) in [6, 6.07) is 21.6. The van der Waals surface area contributed by atoms with E-state index in [0.717, 1.165) is 37.7 Å². The van der Waals surface area contributed by atoms with Crippen molar-refractivity contribution in [2.45, 2.75) is 62.3 Å². The Hall–Kier alpha value is -4.98. The SMILES string of the molecule is COc1cc(O)c([C@H]2C3=CC[C@@H]4C(=O)N(C5CCCCC5)C(=O)[C@@H]4[C@@H]3C[C@H]3C(=O)C(c4ccccc4)=CC(=O)[C@@]23c2ccccc2)c(OC)c1. The van der Waals surface area contributed by atoms with Gasteiger partial charge >= 0.3 is 0 Å². The van der Waals surface area contributed by atoms with Gasteiger partial charge in [-0.1, -0.05) is 91.6 Å². The first-order valence-corrected chi connectivity index (χ1v) is 17.7. The zero-order valence-corrected chi connectivity index (χ0v) is 28.3. The topological polar surface area (TPSA) is 110 Å². The first-order valence-electron chi connectivity index (χ1n) is 17.7. The summed E-state index contributed by atoms with van der Waals surface area (Å²) in [6.45, 7) is 0. The van der Waals surface area contributed by atoms with Crippen molar-refractivity contribution in [1.82, 2.24) is 4.90 Å². The second-order valence-electron chi connectivity index (χ2n) is 14.4. The Morgan fingerprint density at radius 2 is 1.52 bits per heavy atom. The van der Waals surface area contributed by atoms with Gasteiger partial charge in [-0.25, -0.2) is 0 Å². The van der Waals surface area contributed by atoms with Gasteiger partial charge in [-0.15, -0.1) is 0 Å². The van der Waals surface area contributed by atoms with Gasteiger partial charge in [-0.3, -0.25) is 24.1 Å². The van der Waals surface area contributed by atoms with E-state index in [0.29, 0.717) is 40.2 Å². The molecule has 0 spiro atoms. The number of carbonyl (C=O) groups is 4. The fourth-order valence-electron chi connectivity index (χ4n) is 10.1. The average Bonchev–Trinajstić information content (AvgIpc) is 3.41. The number of Topliss-reactive ketones (excluding diaryl/α,β-unsaturated/α-hetero) is 1. The number of aromatic hydroxyl groups is 1. The van der Waals surface area contributed by atoms with Crippen molar-refractivity contribution in [3.05, 3.63) is 107 Å². The second kappa shape index (κ2) is 12.4. The van der Waals surface area contributed by atoms with Crippen LogP contribution in [0, 0.1) is 23.7 Å². The summed E-state index contributed by atoms with van der Waals surface area (Å²) >= 11 is 0. The summed E-state index contributed by atoms with van der Waals surface area (Å²) in [5.74, 6) is -3.71. The van der Waals surface area contributed by atoms with Crippen molar-refractivity contribution in [3.63, 3.8) is 0 Å². The van der Waals surface area contributed by atoms with Crippen LogP contribution in [0.2, 0.25) is 0 Å². The van der Waals surface area contributed by atoms with E-state index in [4.69, 9.17) is 9.47 Å². The average molecular weight is 672 g/mol. The van der Waals surface area contributed by atoms with Crippen LogP contribution >= 0.6 is 0 Å². The lowest BCUT2D eigenvalue weighted by atomic mass is 9.44. The number of rotatable bonds is 6. The number of carbonyl (C=O) groups excluding carboxylic acids is 4. The van der Waals surface area contributed by atoms with Gasteiger partial charge in [0.05, 0.1) is 31.5 Å². The molecule has 0 aromatic heterocycles. The molecule has 5 aliphatic rings. The highest BCUT2D eigenvalue weighted by Gasteiger charge is 2.67. The van der Waals surface area contributed by atoms with E-state index in [1.54, 1.807) is 11.0 Å². The van der Waals surface area contributed by atoms with E-state index in [2.05, 4.69) is 0 Å². The van der Waals surface area contributed by atoms with Gasteiger partial charge < -0.3 is 14.6 Å². The molecular weight excluding hydrogens is 630 g/mol. The standard InChI is InChI=1S/C42H41NO7/c1-49-27-20-33(44)37(34(21-27)50-2)38-28-18-19-29-36(41(48)43(40(29)47)26-16-10-5-11-17-26)31(28)22-32-39(46)30(24-12-6-3-7-13-24)23-35(45)42(32,38)25-14-8-4-9-15-25/h3-4,6-9,12-15,18,20-21,23,26,29,31-32,36,38,44H,5,10-11,16-17,19,22H2,1-2H3/t29-,31+,32-,36-,38+,42-/m0/s1. The van der Waals surface area contributed by atoms with Crippen LogP contribution in [0.5, 0.6) is 17.2 Å². The number of nitrogens with zero attached hydrogens (tertiary/aromatic N) is 1. The molecule has 256 valence electrons. The molecule has 3 aromatic rings. The molecule has 4 aliphatic carbocycles. The third-order valence-electron chi connectivity index (χ3n) is 12.2. The van der Waals surface area contributed by atoms with E-state index in [1.807, 2.05) is 66.7 Å². The maximum absolute atomic E-state index is 15.2. The molecule has 2 saturated carbocycles. The molecule has 8 rings (SSSR count). The number of hydrogen-bond acceptors (Lipinski definition) is 7. The van der Waals surface area contributed by atoms with E-state index in [1.165, 1.54) is 26.4 Å². The maximum atomic E-state index is 15.2. The molecule has 0 bridgehead atoms. The Labute approximate surface area is 291 Å². The number of ketones is 2. The molecule has 0 radical (unpaired) electrons. The Kier molecular flexibility index (Phi) is 8.00. The lowest BCUT2D eigenvalue weighted by molar-refractivity contribution is -0.144. The number of benzene rings is 3. The number of amides is 2. The van der Waals surface area contributed by atoms with Crippen molar-refractivity contribution in [2.75, 3.05) is 14.2 Å². The third kappa shape index (κ3) is 4.63. The Bertz CT molecular complexity index is 1940. The van der Waals surface area contributed by atoms with Gasteiger partial charge in [-0.2, -0.15) is 0 Å². The first kappa shape index (κ1) is 32.2. The highest BCUT2D eigenvalue weighted by molar-refractivity contribution is 6.31. The first-order chi connectivity index (χ1) is 24.3. The van der Waals surface area contributed by atoms with Crippen LogP contribution < -0.4 is 9.47 Å². The molecular formula is C42H41NO7. The summed E-state index contributed by atoms with van der Waals surface area (Å²) in [4.78, 5) is 60.6.